The van der Waals surface area contributed by atoms with E-state index in [1.807, 2.05) is 0 Å². The molecule has 2 aromatic rings. The summed E-state index contributed by atoms with van der Waals surface area (Å²) in [6, 6.07) is 4.60. The average Bonchev–Trinajstić information content (AvgIpc) is 2.40. The summed E-state index contributed by atoms with van der Waals surface area (Å²) in [6.07, 6.45) is 2.54. The summed E-state index contributed by atoms with van der Waals surface area (Å²) < 4.78 is 43.7. The molecule has 0 unspecified atom stereocenters. The molecule has 1 heterocycles. The second-order valence-corrected chi connectivity index (χ2v) is 5.20. The second-order valence-electron chi connectivity index (χ2n) is 3.52. The van der Waals surface area contributed by atoms with Gasteiger partial charge in [0.25, 0.3) is 10.0 Å². The molecule has 0 spiro atoms. The number of halogens is 1. The molecule has 0 radical (unpaired) electrons. The van der Waals surface area contributed by atoms with Crippen LogP contribution in [0.25, 0.3) is 0 Å². The summed E-state index contributed by atoms with van der Waals surface area (Å²) in [6.45, 7) is 0. The zero-order valence-electron chi connectivity index (χ0n) is 9.87. The van der Waals surface area contributed by atoms with Crippen LogP contribution in [0.1, 0.15) is 0 Å². The van der Waals surface area contributed by atoms with Crippen molar-refractivity contribution in [1.29, 1.82) is 0 Å². The van der Waals surface area contributed by atoms with E-state index in [2.05, 4.69) is 14.7 Å². The van der Waals surface area contributed by atoms with Crippen LogP contribution in [0.15, 0.2) is 41.6 Å². The molecule has 0 saturated carbocycles. The molecule has 100 valence electrons. The highest BCUT2D eigenvalue weighted by molar-refractivity contribution is 7.92. The van der Waals surface area contributed by atoms with Crippen LogP contribution in [0.5, 0.6) is 6.01 Å². The molecule has 19 heavy (non-hydrogen) atoms. The molecule has 0 atom stereocenters. The number of anilines is 1. The first-order chi connectivity index (χ1) is 9.01. The molecule has 0 aliphatic carbocycles. The first-order valence-electron chi connectivity index (χ1n) is 5.16. The van der Waals surface area contributed by atoms with E-state index in [-0.39, 0.29) is 16.6 Å². The number of hydrogen-bond donors (Lipinski definition) is 1. The van der Waals surface area contributed by atoms with Crippen LogP contribution in [-0.4, -0.2) is 25.5 Å². The third-order valence-corrected chi connectivity index (χ3v) is 3.58. The molecule has 1 aromatic heterocycles. The molecule has 1 N–H and O–H groups in total. The standard InChI is InChI=1S/C11H10FN3O3S/c1-18-11-13-6-9(7-14-11)15-19(16,17)10-4-2-8(12)3-5-10/h2-7,15H,1H3. The Balaban J connectivity index is 2.23. The number of sulfonamides is 1. The van der Waals surface area contributed by atoms with Gasteiger partial charge in [0.05, 0.1) is 30.1 Å². The molecule has 6 nitrogen and oxygen atoms in total. The number of aromatic nitrogens is 2. The van der Waals surface area contributed by atoms with Gasteiger partial charge in [0.1, 0.15) is 5.82 Å². The predicted octanol–water partition coefficient (Wildman–Crippen LogP) is 1.43. The van der Waals surface area contributed by atoms with Crippen molar-refractivity contribution < 1.29 is 17.5 Å². The molecule has 1 aromatic carbocycles. The molecule has 0 aliphatic heterocycles. The molecule has 0 bridgehead atoms. The van der Waals surface area contributed by atoms with Crippen molar-refractivity contribution in [2.45, 2.75) is 4.90 Å². The van der Waals surface area contributed by atoms with E-state index in [1.165, 1.54) is 31.6 Å². The van der Waals surface area contributed by atoms with E-state index in [9.17, 15) is 12.8 Å². The number of methoxy groups -OCH3 is 1. The number of benzene rings is 1. The van der Waals surface area contributed by atoms with Crippen molar-refractivity contribution >= 4 is 15.7 Å². The fourth-order valence-electron chi connectivity index (χ4n) is 1.30. The molecule has 0 fully saturated rings. The van der Waals surface area contributed by atoms with Crippen LogP contribution in [-0.2, 0) is 10.0 Å². The highest BCUT2D eigenvalue weighted by Crippen LogP contribution is 2.15. The quantitative estimate of drug-likeness (QED) is 0.918. The lowest BCUT2D eigenvalue weighted by Gasteiger charge is -2.07. The lowest BCUT2D eigenvalue weighted by atomic mass is 10.4. The lowest BCUT2D eigenvalue weighted by molar-refractivity contribution is 0.380. The van der Waals surface area contributed by atoms with Gasteiger partial charge in [-0.25, -0.2) is 22.8 Å². The Morgan fingerprint density at radius 2 is 1.74 bits per heavy atom. The van der Waals surface area contributed by atoms with Gasteiger partial charge in [-0.2, -0.15) is 0 Å². The van der Waals surface area contributed by atoms with Crippen molar-refractivity contribution in [2.75, 3.05) is 11.8 Å². The van der Waals surface area contributed by atoms with Crippen LogP contribution in [0.3, 0.4) is 0 Å². The number of hydrogen-bond acceptors (Lipinski definition) is 5. The fourth-order valence-corrected chi connectivity index (χ4v) is 2.33. The smallest absolute Gasteiger partial charge is 0.316 e. The van der Waals surface area contributed by atoms with Crippen molar-refractivity contribution in [3.8, 4) is 6.01 Å². The Bertz CT molecular complexity index is 657. The Morgan fingerprint density at radius 3 is 2.26 bits per heavy atom. The second kappa shape index (κ2) is 5.19. The van der Waals surface area contributed by atoms with E-state index in [0.717, 1.165) is 12.1 Å². The largest absolute Gasteiger partial charge is 0.467 e. The zero-order chi connectivity index (χ0) is 13.9. The molecular formula is C11H10FN3O3S. The number of ether oxygens (including phenoxy) is 1. The van der Waals surface area contributed by atoms with E-state index < -0.39 is 15.8 Å². The summed E-state index contributed by atoms with van der Waals surface area (Å²) >= 11 is 0. The maximum Gasteiger partial charge on any atom is 0.316 e. The SMILES string of the molecule is COc1ncc(NS(=O)(=O)c2ccc(F)cc2)cn1. The van der Waals surface area contributed by atoms with Gasteiger partial charge in [0, 0.05) is 0 Å². The van der Waals surface area contributed by atoms with Crippen LogP contribution in [0, 0.1) is 5.82 Å². The number of rotatable bonds is 4. The van der Waals surface area contributed by atoms with Crippen LogP contribution < -0.4 is 9.46 Å². The van der Waals surface area contributed by atoms with Crippen molar-refractivity contribution in [2.24, 2.45) is 0 Å². The van der Waals surface area contributed by atoms with Gasteiger partial charge in [0.2, 0.25) is 0 Å². The number of nitrogens with zero attached hydrogens (tertiary/aromatic N) is 2. The maximum absolute atomic E-state index is 12.7. The monoisotopic (exact) mass is 283 g/mol. The van der Waals surface area contributed by atoms with Gasteiger partial charge in [-0.1, -0.05) is 0 Å². The van der Waals surface area contributed by atoms with E-state index in [0.29, 0.717) is 0 Å². The number of nitrogens with one attached hydrogen (secondary N) is 1. The topological polar surface area (TPSA) is 81.2 Å². The van der Waals surface area contributed by atoms with Crippen LogP contribution in [0.2, 0.25) is 0 Å². The zero-order valence-corrected chi connectivity index (χ0v) is 10.7. The summed E-state index contributed by atoms with van der Waals surface area (Å²) in [4.78, 5) is 7.49. The molecule has 0 aliphatic rings. The van der Waals surface area contributed by atoms with Crippen molar-refractivity contribution in [3.63, 3.8) is 0 Å². The van der Waals surface area contributed by atoms with Gasteiger partial charge >= 0.3 is 6.01 Å². The van der Waals surface area contributed by atoms with Gasteiger partial charge in [-0.15, -0.1) is 0 Å². The first-order valence-corrected chi connectivity index (χ1v) is 6.64. The van der Waals surface area contributed by atoms with Crippen LogP contribution >= 0.6 is 0 Å². The van der Waals surface area contributed by atoms with Gasteiger partial charge in [-0.05, 0) is 24.3 Å². The third kappa shape index (κ3) is 3.16. The third-order valence-electron chi connectivity index (χ3n) is 2.19. The molecule has 0 amide bonds. The maximum atomic E-state index is 12.7. The average molecular weight is 283 g/mol. The van der Waals surface area contributed by atoms with Gasteiger partial charge in [-0.3, -0.25) is 4.72 Å². The Kier molecular flexibility index (Phi) is 3.61. The first kappa shape index (κ1) is 13.2. The highest BCUT2D eigenvalue weighted by Gasteiger charge is 2.14. The van der Waals surface area contributed by atoms with E-state index in [1.54, 1.807) is 0 Å². The normalized spacial score (nSPS) is 11.1. The minimum absolute atomic E-state index is 0.0512. The molecule has 0 saturated heterocycles. The van der Waals surface area contributed by atoms with E-state index >= 15 is 0 Å². The summed E-state index contributed by atoms with van der Waals surface area (Å²) in [7, 11) is -2.39. The Morgan fingerprint density at radius 1 is 1.16 bits per heavy atom. The fraction of sp³-hybridized carbons (Fsp3) is 0.0909. The summed E-state index contributed by atoms with van der Waals surface area (Å²) in [5.74, 6) is -0.508. The lowest BCUT2D eigenvalue weighted by Crippen LogP contribution is -2.13. The Hall–Kier alpha value is -2.22. The molecule has 2 rings (SSSR count). The van der Waals surface area contributed by atoms with Gasteiger partial charge < -0.3 is 4.74 Å². The Labute approximate surface area is 109 Å². The van der Waals surface area contributed by atoms with Crippen molar-refractivity contribution in [1.82, 2.24) is 9.97 Å². The van der Waals surface area contributed by atoms with Crippen LogP contribution in [0.4, 0.5) is 10.1 Å². The summed E-state index contributed by atoms with van der Waals surface area (Å²) in [5.41, 5.74) is 0.185. The molecule has 8 heteroatoms. The van der Waals surface area contributed by atoms with Gasteiger partial charge in [0.15, 0.2) is 0 Å². The van der Waals surface area contributed by atoms with E-state index in [4.69, 9.17) is 4.74 Å². The predicted molar refractivity (Wildman–Crippen MR) is 65.8 cm³/mol. The molecular weight excluding hydrogens is 273 g/mol. The highest BCUT2D eigenvalue weighted by atomic mass is 32.2. The summed E-state index contributed by atoms with van der Waals surface area (Å²) in [5, 5.41) is 0. The van der Waals surface area contributed by atoms with Crippen molar-refractivity contribution in [3.05, 3.63) is 42.5 Å². The minimum Gasteiger partial charge on any atom is -0.467 e. The minimum atomic E-state index is -3.79.